The maximum Gasteiger partial charge on any atom is 0.151 e. The van der Waals surface area contributed by atoms with Crippen molar-refractivity contribution < 1.29 is 0 Å². The highest BCUT2D eigenvalue weighted by Gasteiger charge is 2.08. The van der Waals surface area contributed by atoms with Crippen molar-refractivity contribution in [3.05, 3.63) is 16.7 Å². The van der Waals surface area contributed by atoms with Gasteiger partial charge in [0.15, 0.2) is 5.15 Å². The zero-order chi connectivity index (χ0) is 13.4. The molecule has 0 amide bonds. The van der Waals surface area contributed by atoms with E-state index in [1.807, 2.05) is 11.8 Å². The van der Waals surface area contributed by atoms with Crippen molar-refractivity contribution in [1.29, 1.82) is 0 Å². The summed E-state index contributed by atoms with van der Waals surface area (Å²) < 4.78 is 0. The predicted octanol–water partition coefficient (Wildman–Crippen LogP) is 3.49. The molecular formula is C13H24ClN3S. The first-order valence-corrected chi connectivity index (χ1v) is 8.37. The van der Waals surface area contributed by atoms with E-state index in [0.717, 1.165) is 37.4 Å². The molecular weight excluding hydrogens is 266 g/mol. The number of imidazole rings is 1. The smallest absolute Gasteiger partial charge is 0.151 e. The Kier molecular flexibility index (Phi) is 7.79. The summed E-state index contributed by atoms with van der Waals surface area (Å²) in [4.78, 5) is 7.66. The molecule has 18 heavy (non-hydrogen) atoms. The van der Waals surface area contributed by atoms with Crippen molar-refractivity contribution in [2.24, 2.45) is 5.92 Å². The minimum absolute atomic E-state index is 0.617. The largest absolute Gasteiger partial charge is 0.344 e. The Hall–Kier alpha value is -0.190. The molecule has 0 aromatic carbocycles. The number of hydrogen-bond acceptors (Lipinski definition) is 3. The van der Waals surface area contributed by atoms with Crippen molar-refractivity contribution in [3.63, 3.8) is 0 Å². The summed E-state index contributed by atoms with van der Waals surface area (Å²) in [7, 11) is 0. The standard InChI is InChI=1S/C13H24ClN3S/c1-4-5-6-12-16-11(13(14)17-12)8-15-7-10(2)9-18-3/h10,15H,4-9H2,1-3H3,(H,16,17). The Morgan fingerprint density at radius 1 is 1.50 bits per heavy atom. The van der Waals surface area contributed by atoms with Crippen LogP contribution in [0.5, 0.6) is 0 Å². The van der Waals surface area contributed by atoms with Gasteiger partial charge in [0.1, 0.15) is 5.82 Å². The van der Waals surface area contributed by atoms with E-state index >= 15 is 0 Å². The first-order chi connectivity index (χ1) is 8.67. The average Bonchev–Trinajstić information content (AvgIpc) is 2.68. The van der Waals surface area contributed by atoms with Gasteiger partial charge in [0.05, 0.1) is 5.69 Å². The molecule has 0 aliphatic heterocycles. The van der Waals surface area contributed by atoms with Gasteiger partial charge in [-0.3, -0.25) is 0 Å². The molecule has 1 heterocycles. The highest BCUT2D eigenvalue weighted by Crippen LogP contribution is 2.14. The molecule has 1 unspecified atom stereocenters. The first kappa shape index (κ1) is 15.9. The third kappa shape index (κ3) is 5.63. The molecule has 0 bridgehead atoms. The monoisotopic (exact) mass is 289 g/mol. The molecule has 2 N–H and O–H groups in total. The topological polar surface area (TPSA) is 40.7 Å². The third-order valence-electron chi connectivity index (χ3n) is 2.79. The summed E-state index contributed by atoms with van der Waals surface area (Å²) in [6.07, 6.45) is 5.46. The lowest BCUT2D eigenvalue weighted by molar-refractivity contribution is 0.555. The fourth-order valence-corrected chi connectivity index (χ4v) is 2.71. The number of halogens is 1. The van der Waals surface area contributed by atoms with E-state index in [2.05, 4.69) is 35.4 Å². The third-order valence-corrected chi connectivity index (χ3v) is 4.01. The SMILES string of the molecule is CCCCc1nc(Cl)c(CNCC(C)CSC)[nH]1. The zero-order valence-corrected chi connectivity index (χ0v) is 13.1. The number of unbranched alkanes of at least 4 members (excludes halogenated alkanes) is 1. The van der Waals surface area contributed by atoms with Crippen LogP contribution in [0, 0.1) is 5.92 Å². The molecule has 3 nitrogen and oxygen atoms in total. The van der Waals surface area contributed by atoms with Gasteiger partial charge in [-0.05, 0) is 30.9 Å². The van der Waals surface area contributed by atoms with Crippen LogP contribution in [-0.4, -0.2) is 28.5 Å². The number of nitrogens with one attached hydrogen (secondary N) is 2. The van der Waals surface area contributed by atoms with Crippen molar-refractivity contribution in [2.45, 2.75) is 39.7 Å². The summed E-state index contributed by atoms with van der Waals surface area (Å²) in [6.45, 7) is 6.22. The Bertz CT molecular complexity index is 341. The van der Waals surface area contributed by atoms with Crippen LogP contribution in [0.2, 0.25) is 5.15 Å². The van der Waals surface area contributed by atoms with Gasteiger partial charge in [-0.1, -0.05) is 31.9 Å². The Morgan fingerprint density at radius 2 is 2.28 bits per heavy atom. The van der Waals surface area contributed by atoms with Gasteiger partial charge in [-0.15, -0.1) is 0 Å². The quantitative estimate of drug-likeness (QED) is 0.731. The number of thioether (sulfide) groups is 1. The Labute approximate surface area is 119 Å². The summed E-state index contributed by atoms with van der Waals surface area (Å²) in [5, 5.41) is 4.04. The van der Waals surface area contributed by atoms with Crippen molar-refractivity contribution in [2.75, 3.05) is 18.6 Å². The molecule has 1 aromatic heterocycles. The van der Waals surface area contributed by atoms with Crippen LogP contribution in [0.3, 0.4) is 0 Å². The summed E-state index contributed by atoms with van der Waals surface area (Å²) in [5.41, 5.74) is 1.01. The van der Waals surface area contributed by atoms with Crippen molar-refractivity contribution in [1.82, 2.24) is 15.3 Å². The van der Waals surface area contributed by atoms with Gasteiger partial charge in [0, 0.05) is 13.0 Å². The lowest BCUT2D eigenvalue weighted by atomic mass is 10.2. The number of hydrogen-bond donors (Lipinski definition) is 2. The van der Waals surface area contributed by atoms with Crippen LogP contribution in [-0.2, 0) is 13.0 Å². The van der Waals surface area contributed by atoms with E-state index in [-0.39, 0.29) is 0 Å². The summed E-state index contributed by atoms with van der Waals surface area (Å²) in [5.74, 6) is 2.88. The molecule has 104 valence electrons. The van der Waals surface area contributed by atoms with Gasteiger partial charge < -0.3 is 10.3 Å². The number of aromatic nitrogens is 2. The maximum atomic E-state index is 6.11. The van der Waals surface area contributed by atoms with Crippen molar-refractivity contribution >= 4 is 23.4 Å². The van der Waals surface area contributed by atoms with Crippen LogP contribution in [0.15, 0.2) is 0 Å². The first-order valence-electron chi connectivity index (χ1n) is 6.60. The zero-order valence-electron chi connectivity index (χ0n) is 11.6. The predicted molar refractivity (Wildman–Crippen MR) is 81.5 cm³/mol. The lowest BCUT2D eigenvalue weighted by Crippen LogP contribution is -2.22. The number of nitrogens with zero attached hydrogens (tertiary/aromatic N) is 1. The molecule has 1 atom stereocenters. The Morgan fingerprint density at radius 3 is 2.94 bits per heavy atom. The average molecular weight is 290 g/mol. The number of aryl methyl sites for hydroxylation is 1. The number of H-pyrrole nitrogens is 1. The van der Waals surface area contributed by atoms with E-state index in [1.54, 1.807) is 0 Å². The highest BCUT2D eigenvalue weighted by molar-refractivity contribution is 7.98. The second-order valence-corrected chi connectivity index (χ2v) is 6.02. The molecule has 0 fully saturated rings. The van der Waals surface area contributed by atoms with Crippen LogP contribution >= 0.6 is 23.4 Å². The van der Waals surface area contributed by atoms with E-state index < -0.39 is 0 Å². The van der Waals surface area contributed by atoms with Gasteiger partial charge in [-0.2, -0.15) is 11.8 Å². The molecule has 1 rings (SSSR count). The van der Waals surface area contributed by atoms with E-state index in [4.69, 9.17) is 11.6 Å². The normalized spacial score (nSPS) is 12.9. The Balaban J connectivity index is 2.35. The highest BCUT2D eigenvalue weighted by atomic mass is 35.5. The molecule has 5 heteroatoms. The maximum absolute atomic E-state index is 6.11. The van der Waals surface area contributed by atoms with Gasteiger partial charge in [0.2, 0.25) is 0 Å². The van der Waals surface area contributed by atoms with E-state index in [9.17, 15) is 0 Å². The molecule has 1 aromatic rings. The molecule has 0 aliphatic rings. The summed E-state index contributed by atoms with van der Waals surface area (Å²) >= 11 is 8.00. The van der Waals surface area contributed by atoms with Crippen LogP contribution in [0.1, 0.15) is 38.2 Å². The molecule has 0 radical (unpaired) electrons. The summed E-state index contributed by atoms with van der Waals surface area (Å²) in [6, 6.07) is 0. The van der Waals surface area contributed by atoms with Gasteiger partial charge >= 0.3 is 0 Å². The number of rotatable bonds is 9. The van der Waals surface area contributed by atoms with Gasteiger partial charge in [-0.25, -0.2) is 4.98 Å². The minimum Gasteiger partial charge on any atom is -0.344 e. The van der Waals surface area contributed by atoms with E-state index in [0.29, 0.717) is 11.1 Å². The molecule has 0 saturated heterocycles. The molecule has 0 spiro atoms. The molecule has 0 aliphatic carbocycles. The number of aromatic amines is 1. The fraction of sp³-hybridized carbons (Fsp3) is 0.769. The second-order valence-electron chi connectivity index (χ2n) is 4.75. The van der Waals surface area contributed by atoms with Crippen LogP contribution in [0.25, 0.3) is 0 Å². The second kappa shape index (κ2) is 8.83. The fourth-order valence-electron chi connectivity index (χ4n) is 1.81. The van der Waals surface area contributed by atoms with Crippen LogP contribution in [0.4, 0.5) is 0 Å². The molecule has 0 saturated carbocycles. The van der Waals surface area contributed by atoms with Crippen LogP contribution < -0.4 is 5.32 Å². The van der Waals surface area contributed by atoms with Crippen molar-refractivity contribution in [3.8, 4) is 0 Å². The van der Waals surface area contributed by atoms with E-state index in [1.165, 1.54) is 12.2 Å². The van der Waals surface area contributed by atoms with Gasteiger partial charge in [0.25, 0.3) is 0 Å². The minimum atomic E-state index is 0.617. The lowest BCUT2D eigenvalue weighted by Gasteiger charge is -2.10.